The van der Waals surface area contributed by atoms with E-state index in [0.717, 1.165) is 42.2 Å². The molecule has 0 saturated carbocycles. The Hall–Kier alpha value is -2.96. The zero-order valence-electron chi connectivity index (χ0n) is 19.7. The van der Waals surface area contributed by atoms with Gasteiger partial charge in [0.1, 0.15) is 6.61 Å². The lowest BCUT2D eigenvalue weighted by atomic mass is 9.98. The van der Waals surface area contributed by atoms with Crippen LogP contribution in [0.3, 0.4) is 0 Å². The van der Waals surface area contributed by atoms with Gasteiger partial charge in [-0.1, -0.05) is 48.5 Å². The van der Waals surface area contributed by atoms with Crippen molar-refractivity contribution in [3.8, 4) is 11.1 Å². The topological polar surface area (TPSA) is 53.6 Å². The summed E-state index contributed by atoms with van der Waals surface area (Å²) in [5.41, 5.74) is 9.43. The minimum absolute atomic E-state index is 0.0580. The van der Waals surface area contributed by atoms with Crippen molar-refractivity contribution in [3.05, 3.63) is 82.4 Å². The summed E-state index contributed by atoms with van der Waals surface area (Å²) in [5, 5.41) is 6.36. The van der Waals surface area contributed by atoms with Gasteiger partial charge >= 0.3 is 6.09 Å². The summed E-state index contributed by atoms with van der Waals surface area (Å²) in [7, 11) is 0. The van der Waals surface area contributed by atoms with Crippen molar-refractivity contribution in [3.63, 3.8) is 0 Å². The molecule has 34 heavy (non-hydrogen) atoms. The minimum atomic E-state index is -0.397. The second-order valence-corrected chi connectivity index (χ2v) is 9.52. The number of nitrogens with one attached hydrogen (secondary N) is 2. The van der Waals surface area contributed by atoms with E-state index < -0.39 is 6.09 Å². The summed E-state index contributed by atoms with van der Waals surface area (Å²) in [6.07, 6.45) is -0.397. The molecule has 176 valence electrons. The Morgan fingerprint density at radius 3 is 2.29 bits per heavy atom. The number of thiol groups is 1. The van der Waals surface area contributed by atoms with Crippen molar-refractivity contribution in [1.82, 2.24) is 10.6 Å². The number of benzene rings is 3. The molecule has 2 aliphatic rings. The Morgan fingerprint density at radius 2 is 1.65 bits per heavy atom. The van der Waals surface area contributed by atoms with Crippen LogP contribution in [0.4, 0.5) is 10.5 Å². The maximum Gasteiger partial charge on any atom is 0.407 e. The maximum absolute atomic E-state index is 12.7. The third-order valence-electron chi connectivity index (χ3n) is 7.11. The quantitative estimate of drug-likeness (QED) is 0.455. The summed E-state index contributed by atoms with van der Waals surface area (Å²) >= 11 is 4.78. The fourth-order valence-corrected chi connectivity index (χ4v) is 5.43. The van der Waals surface area contributed by atoms with Gasteiger partial charge in [-0.05, 0) is 58.9 Å². The first-order chi connectivity index (χ1) is 16.5. The van der Waals surface area contributed by atoms with Crippen molar-refractivity contribution < 1.29 is 9.53 Å². The molecule has 5 rings (SSSR count). The number of amides is 1. The van der Waals surface area contributed by atoms with Crippen LogP contribution in [0.5, 0.6) is 0 Å². The second-order valence-electron chi connectivity index (χ2n) is 9.07. The van der Waals surface area contributed by atoms with Crippen molar-refractivity contribution in [2.24, 2.45) is 0 Å². The molecule has 0 unspecified atom stereocenters. The lowest BCUT2D eigenvalue weighted by molar-refractivity contribution is 0.142. The lowest BCUT2D eigenvalue weighted by Gasteiger charge is -2.32. The largest absolute Gasteiger partial charge is 0.449 e. The summed E-state index contributed by atoms with van der Waals surface area (Å²) < 4.78 is 5.71. The highest BCUT2D eigenvalue weighted by Gasteiger charge is 2.29. The van der Waals surface area contributed by atoms with Crippen molar-refractivity contribution in [2.75, 3.05) is 37.7 Å². The smallest absolute Gasteiger partial charge is 0.407 e. The molecule has 1 saturated heterocycles. The molecule has 6 heteroatoms. The Kier molecular flexibility index (Phi) is 6.53. The van der Waals surface area contributed by atoms with Crippen LogP contribution in [0.15, 0.2) is 59.5 Å². The highest BCUT2D eigenvalue weighted by atomic mass is 32.1. The van der Waals surface area contributed by atoms with Crippen LogP contribution in [-0.2, 0) is 11.3 Å². The van der Waals surface area contributed by atoms with E-state index in [-0.39, 0.29) is 5.92 Å². The normalized spacial score (nSPS) is 15.1. The van der Waals surface area contributed by atoms with Gasteiger partial charge in [0.05, 0.1) is 0 Å². The molecule has 0 bridgehead atoms. The van der Waals surface area contributed by atoms with Crippen molar-refractivity contribution in [2.45, 2.75) is 31.2 Å². The SMILES string of the molecule is Cc1c(CNC(=O)OCC2c3ccccc3-c3ccccc32)cc(N2CCNCC2)c(C)c1S. The number of nitrogens with zero attached hydrogens (tertiary/aromatic N) is 1. The second kappa shape index (κ2) is 9.72. The summed E-state index contributed by atoms with van der Waals surface area (Å²) in [4.78, 5) is 16.1. The van der Waals surface area contributed by atoms with E-state index in [4.69, 9.17) is 17.4 Å². The lowest BCUT2D eigenvalue weighted by Crippen LogP contribution is -2.44. The average molecular weight is 474 g/mol. The number of hydrogen-bond acceptors (Lipinski definition) is 5. The first-order valence-corrected chi connectivity index (χ1v) is 12.4. The maximum atomic E-state index is 12.7. The van der Waals surface area contributed by atoms with Crippen LogP contribution in [-0.4, -0.2) is 38.9 Å². The summed E-state index contributed by atoms with van der Waals surface area (Å²) in [6, 6.07) is 18.9. The van der Waals surface area contributed by atoms with E-state index >= 15 is 0 Å². The Morgan fingerprint density at radius 1 is 1.03 bits per heavy atom. The van der Waals surface area contributed by atoms with E-state index in [1.807, 2.05) is 12.1 Å². The number of rotatable bonds is 5. The Balaban J connectivity index is 1.26. The molecule has 5 nitrogen and oxygen atoms in total. The average Bonchev–Trinajstić information content (AvgIpc) is 3.20. The van der Waals surface area contributed by atoms with Crippen LogP contribution >= 0.6 is 12.6 Å². The van der Waals surface area contributed by atoms with E-state index in [0.29, 0.717) is 13.2 Å². The van der Waals surface area contributed by atoms with E-state index in [1.165, 1.54) is 33.5 Å². The third-order valence-corrected chi connectivity index (χ3v) is 7.78. The van der Waals surface area contributed by atoms with Crippen LogP contribution in [0.1, 0.15) is 33.7 Å². The van der Waals surface area contributed by atoms with Crippen LogP contribution in [0.25, 0.3) is 11.1 Å². The van der Waals surface area contributed by atoms with Gasteiger partial charge in [-0.3, -0.25) is 0 Å². The first kappa shape index (κ1) is 22.8. The molecule has 0 aromatic heterocycles. The van der Waals surface area contributed by atoms with Gasteiger partial charge in [0.2, 0.25) is 0 Å². The molecule has 1 heterocycles. The highest BCUT2D eigenvalue weighted by Crippen LogP contribution is 2.44. The fraction of sp³-hybridized carbons (Fsp3) is 0.321. The zero-order valence-corrected chi connectivity index (χ0v) is 20.6. The monoisotopic (exact) mass is 473 g/mol. The molecular formula is C28H31N3O2S. The van der Waals surface area contributed by atoms with Gasteiger partial charge in [0.25, 0.3) is 0 Å². The molecule has 1 amide bonds. The number of carbonyl (C=O) groups is 1. The van der Waals surface area contributed by atoms with Crippen molar-refractivity contribution >= 4 is 24.4 Å². The molecule has 0 spiro atoms. The minimum Gasteiger partial charge on any atom is -0.449 e. The summed E-state index contributed by atoms with van der Waals surface area (Å²) in [6.45, 7) is 8.80. The highest BCUT2D eigenvalue weighted by molar-refractivity contribution is 7.80. The van der Waals surface area contributed by atoms with Crippen LogP contribution in [0, 0.1) is 13.8 Å². The van der Waals surface area contributed by atoms with Gasteiger partial charge in [-0.2, -0.15) is 0 Å². The first-order valence-electron chi connectivity index (χ1n) is 11.9. The summed E-state index contributed by atoms with van der Waals surface area (Å²) in [5.74, 6) is 0.0580. The molecule has 3 aromatic rings. The van der Waals surface area contributed by atoms with E-state index in [1.54, 1.807) is 0 Å². The third kappa shape index (κ3) is 4.28. The van der Waals surface area contributed by atoms with Gasteiger partial charge in [0, 0.05) is 49.2 Å². The number of piperazine rings is 1. The van der Waals surface area contributed by atoms with Gasteiger partial charge in [0.15, 0.2) is 0 Å². The number of fused-ring (bicyclic) bond motifs is 3. The van der Waals surface area contributed by atoms with Gasteiger partial charge in [-0.15, -0.1) is 12.6 Å². The molecule has 1 aliphatic heterocycles. The zero-order chi connectivity index (χ0) is 23.7. The number of carbonyl (C=O) groups excluding carboxylic acids is 1. The Labute approximate surface area is 206 Å². The van der Waals surface area contributed by atoms with E-state index in [9.17, 15) is 4.79 Å². The van der Waals surface area contributed by atoms with Crippen molar-refractivity contribution in [1.29, 1.82) is 0 Å². The molecule has 0 atom stereocenters. The Bertz CT molecular complexity index is 1170. The number of hydrogen-bond donors (Lipinski definition) is 3. The molecule has 2 N–H and O–H groups in total. The predicted molar refractivity (Wildman–Crippen MR) is 140 cm³/mol. The van der Waals surface area contributed by atoms with Gasteiger partial charge in [-0.25, -0.2) is 4.79 Å². The fourth-order valence-electron chi connectivity index (χ4n) is 5.17. The molecule has 1 fully saturated rings. The standard InChI is InChI=1S/C28H31N3O2S/c1-18-20(15-26(19(2)27(18)34)31-13-11-29-12-14-31)16-30-28(32)33-17-25-23-9-5-3-7-21(23)22-8-4-6-10-24(22)25/h3-10,15,25,29,34H,11-14,16-17H2,1-2H3,(H,30,32). The molecular weight excluding hydrogens is 442 g/mol. The predicted octanol–water partition coefficient (Wildman–Crippen LogP) is 5.04. The van der Waals surface area contributed by atoms with E-state index in [2.05, 4.69) is 71.8 Å². The number of alkyl carbamates (subject to hydrolysis) is 1. The molecule has 0 radical (unpaired) electrons. The van der Waals surface area contributed by atoms with Crippen LogP contribution in [0.2, 0.25) is 0 Å². The molecule has 3 aromatic carbocycles. The van der Waals surface area contributed by atoms with Gasteiger partial charge < -0.3 is 20.3 Å². The number of anilines is 1. The number of ether oxygens (including phenoxy) is 1. The van der Waals surface area contributed by atoms with Crippen LogP contribution < -0.4 is 15.5 Å². The molecule has 1 aliphatic carbocycles.